The first-order valence-corrected chi connectivity index (χ1v) is 6.10. The smallest absolute Gasteiger partial charge is 0.226 e. The standard InChI is InChI=1S/C11H16N6O/c1-2-12-10-15-8-7(13-6-14-8)9(16-10)17-11(5-18)3-4-11/h6,18H,2-5H2,1H3,(H3,12,13,14,15,16,17). The first-order valence-electron chi connectivity index (χ1n) is 6.10. The number of rotatable bonds is 5. The molecule has 0 amide bonds. The van der Waals surface area contributed by atoms with Crippen LogP contribution in [0, 0.1) is 0 Å². The van der Waals surface area contributed by atoms with Crippen LogP contribution >= 0.6 is 0 Å². The van der Waals surface area contributed by atoms with Crippen LogP contribution in [0.3, 0.4) is 0 Å². The third-order valence-corrected chi connectivity index (χ3v) is 3.16. The summed E-state index contributed by atoms with van der Waals surface area (Å²) in [5.41, 5.74) is 1.18. The lowest BCUT2D eigenvalue weighted by Gasteiger charge is -2.16. The van der Waals surface area contributed by atoms with Gasteiger partial charge in [0.15, 0.2) is 11.5 Å². The van der Waals surface area contributed by atoms with Gasteiger partial charge in [-0.2, -0.15) is 9.97 Å². The van der Waals surface area contributed by atoms with Crippen molar-refractivity contribution in [1.82, 2.24) is 19.9 Å². The van der Waals surface area contributed by atoms with E-state index in [1.807, 2.05) is 6.92 Å². The molecule has 0 bridgehead atoms. The van der Waals surface area contributed by atoms with Gasteiger partial charge in [0.25, 0.3) is 0 Å². The van der Waals surface area contributed by atoms with Gasteiger partial charge in [0, 0.05) is 6.54 Å². The minimum atomic E-state index is -0.212. The zero-order chi connectivity index (χ0) is 12.6. The molecule has 0 radical (unpaired) electrons. The molecule has 7 nitrogen and oxygen atoms in total. The average Bonchev–Trinajstić information content (AvgIpc) is 2.97. The lowest BCUT2D eigenvalue weighted by atomic mass is 10.3. The van der Waals surface area contributed by atoms with Crippen molar-refractivity contribution in [3.63, 3.8) is 0 Å². The fraction of sp³-hybridized carbons (Fsp3) is 0.545. The molecule has 96 valence electrons. The summed E-state index contributed by atoms with van der Waals surface area (Å²) < 4.78 is 0. The molecule has 3 rings (SSSR count). The highest BCUT2D eigenvalue weighted by molar-refractivity contribution is 5.84. The van der Waals surface area contributed by atoms with E-state index in [-0.39, 0.29) is 12.1 Å². The number of aromatic amines is 1. The molecular formula is C11H16N6O. The van der Waals surface area contributed by atoms with Crippen molar-refractivity contribution in [3.8, 4) is 0 Å². The normalized spacial score (nSPS) is 16.8. The van der Waals surface area contributed by atoms with Crippen LogP contribution in [0.15, 0.2) is 6.33 Å². The van der Waals surface area contributed by atoms with Gasteiger partial charge in [-0.1, -0.05) is 0 Å². The second-order valence-electron chi connectivity index (χ2n) is 4.59. The minimum absolute atomic E-state index is 0.114. The topological polar surface area (TPSA) is 98.8 Å². The first-order chi connectivity index (χ1) is 8.76. The Morgan fingerprint density at radius 3 is 2.94 bits per heavy atom. The Hall–Kier alpha value is -1.89. The number of aliphatic hydroxyl groups is 1. The quantitative estimate of drug-likeness (QED) is 0.622. The summed E-state index contributed by atoms with van der Waals surface area (Å²) in [6, 6.07) is 0. The van der Waals surface area contributed by atoms with Crippen molar-refractivity contribution in [2.75, 3.05) is 23.8 Å². The number of hydrogen-bond donors (Lipinski definition) is 4. The third kappa shape index (κ3) is 1.86. The molecule has 1 aliphatic carbocycles. The molecule has 0 spiro atoms. The summed E-state index contributed by atoms with van der Waals surface area (Å²) in [6.07, 6.45) is 3.51. The molecule has 2 aromatic rings. The Morgan fingerprint density at radius 2 is 2.28 bits per heavy atom. The number of fused-ring (bicyclic) bond motifs is 1. The molecule has 1 aliphatic rings. The molecule has 2 aromatic heterocycles. The first kappa shape index (κ1) is 11.2. The van der Waals surface area contributed by atoms with Crippen molar-refractivity contribution in [2.24, 2.45) is 0 Å². The summed E-state index contributed by atoms with van der Waals surface area (Å²) in [5, 5.41) is 15.7. The minimum Gasteiger partial charge on any atom is -0.394 e. The molecule has 0 atom stereocenters. The van der Waals surface area contributed by atoms with Gasteiger partial charge in [-0.3, -0.25) is 0 Å². The van der Waals surface area contributed by atoms with Gasteiger partial charge in [0.05, 0.1) is 18.5 Å². The molecule has 2 heterocycles. The van der Waals surface area contributed by atoms with Crippen LogP contribution < -0.4 is 10.6 Å². The Morgan fingerprint density at radius 1 is 1.44 bits per heavy atom. The van der Waals surface area contributed by atoms with E-state index in [1.165, 1.54) is 0 Å². The van der Waals surface area contributed by atoms with E-state index < -0.39 is 0 Å². The largest absolute Gasteiger partial charge is 0.394 e. The second kappa shape index (κ2) is 4.09. The van der Waals surface area contributed by atoms with Crippen molar-refractivity contribution in [2.45, 2.75) is 25.3 Å². The molecule has 0 aromatic carbocycles. The molecule has 1 fully saturated rings. The molecular weight excluding hydrogens is 232 g/mol. The number of H-pyrrole nitrogens is 1. The van der Waals surface area contributed by atoms with Crippen LogP contribution in [0.4, 0.5) is 11.8 Å². The van der Waals surface area contributed by atoms with E-state index in [2.05, 4.69) is 30.6 Å². The highest BCUT2D eigenvalue weighted by atomic mass is 16.3. The van der Waals surface area contributed by atoms with Gasteiger partial charge in [0.2, 0.25) is 5.95 Å². The summed E-state index contributed by atoms with van der Waals surface area (Å²) >= 11 is 0. The molecule has 0 saturated heterocycles. The van der Waals surface area contributed by atoms with Gasteiger partial charge in [-0.15, -0.1) is 0 Å². The van der Waals surface area contributed by atoms with Crippen LogP contribution in [0.1, 0.15) is 19.8 Å². The number of hydrogen-bond acceptors (Lipinski definition) is 6. The SMILES string of the molecule is CCNc1nc(NC2(CO)CC2)c2[nH]cnc2n1. The zero-order valence-electron chi connectivity index (χ0n) is 10.2. The maximum atomic E-state index is 9.37. The lowest BCUT2D eigenvalue weighted by Crippen LogP contribution is -2.26. The van der Waals surface area contributed by atoms with Gasteiger partial charge in [-0.25, -0.2) is 4.98 Å². The van der Waals surface area contributed by atoms with Crippen molar-refractivity contribution >= 4 is 22.9 Å². The number of aromatic nitrogens is 4. The molecule has 0 aliphatic heterocycles. The molecule has 0 unspecified atom stereocenters. The van der Waals surface area contributed by atoms with Crippen LogP contribution in [-0.2, 0) is 0 Å². The summed E-state index contributed by atoms with van der Waals surface area (Å²) in [7, 11) is 0. The Bertz CT molecular complexity index is 562. The number of anilines is 2. The van der Waals surface area contributed by atoms with Crippen LogP contribution in [0.5, 0.6) is 0 Å². The van der Waals surface area contributed by atoms with Gasteiger partial charge >= 0.3 is 0 Å². The van der Waals surface area contributed by atoms with E-state index in [0.29, 0.717) is 17.4 Å². The monoisotopic (exact) mass is 248 g/mol. The maximum absolute atomic E-state index is 9.37. The molecule has 18 heavy (non-hydrogen) atoms. The van der Waals surface area contributed by atoms with E-state index in [4.69, 9.17) is 0 Å². The van der Waals surface area contributed by atoms with Gasteiger partial charge in [0.1, 0.15) is 5.52 Å². The fourth-order valence-corrected chi connectivity index (χ4v) is 1.89. The molecule has 4 N–H and O–H groups in total. The van der Waals surface area contributed by atoms with Gasteiger partial charge in [-0.05, 0) is 19.8 Å². The van der Waals surface area contributed by atoms with E-state index in [0.717, 1.165) is 24.9 Å². The Labute approximate surface area is 104 Å². The molecule has 7 heteroatoms. The highest BCUT2D eigenvalue weighted by Crippen LogP contribution is 2.39. The Kier molecular flexibility index (Phi) is 2.55. The predicted octanol–water partition coefficient (Wildman–Crippen LogP) is 0.721. The summed E-state index contributed by atoms with van der Waals surface area (Å²) in [5.74, 6) is 1.24. The Balaban J connectivity index is 2.00. The maximum Gasteiger partial charge on any atom is 0.226 e. The second-order valence-corrected chi connectivity index (χ2v) is 4.59. The van der Waals surface area contributed by atoms with E-state index in [9.17, 15) is 5.11 Å². The number of aliphatic hydroxyl groups excluding tert-OH is 1. The predicted molar refractivity (Wildman–Crippen MR) is 68.5 cm³/mol. The van der Waals surface area contributed by atoms with Crippen molar-refractivity contribution in [1.29, 1.82) is 0 Å². The highest BCUT2D eigenvalue weighted by Gasteiger charge is 2.42. The third-order valence-electron chi connectivity index (χ3n) is 3.16. The van der Waals surface area contributed by atoms with E-state index >= 15 is 0 Å². The number of nitrogens with one attached hydrogen (secondary N) is 3. The molecule has 1 saturated carbocycles. The fourth-order valence-electron chi connectivity index (χ4n) is 1.89. The van der Waals surface area contributed by atoms with Crippen LogP contribution in [-0.4, -0.2) is 43.7 Å². The summed E-state index contributed by atoms with van der Waals surface area (Å²) in [4.78, 5) is 15.9. The number of nitrogens with zero attached hydrogens (tertiary/aromatic N) is 3. The number of imidazole rings is 1. The average molecular weight is 248 g/mol. The van der Waals surface area contributed by atoms with Crippen LogP contribution in [0.25, 0.3) is 11.2 Å². The van der Waals surface area contributed by atoms with Crippen molar-refractivity contribution < 1.29 is 5.11 Å². The van der Waals surface area contributed by atoms with Crippen molar-refractivity contribution in [3.05, 3.63) is 6.33 Å². The van der Waals surface area contributed by atoms with Gasteiger partial charge < -0.3 is 20.7 Å². The summed E-state index contributed by atoms with van der Waals surface area (Å²) in [6.45, 7) is 2.85. The van der Waals surface area contributed by atoms with Crippen LogP contribution in [0.2, 0.25) is 0 Å². The lowest BCUT2D eigenvalue weighted by molar-refractivity contribution is 0.266. The zero-order valence-corrected chi connectivity index (χ0v) is 10.2. The van der Waals surface area contributed by atoms with E-state index in [1.54, 1.807) is 6.33 Å².